The summed E-state index contributed by atoms with van der Waals surface area (Å²) in [5.41, 5.74) is 7.07. The molecule has 1 unspecified atom stereocenters. The van der Waals surface area contributed by atoms with E-state index in [0.29, 0.717) is 5.02 Å². The fraction of sp³-hybridized carbons (Fsp3) is 0.136. The predicted octanol–water partition coefficient (Wildman–Crippen LogP) is 5.68. The molecule has 4 heteroatoms. The number of pyridine rings is 1. The average Bonchev–Trinajstić information content (AvgIpc) is 3.07. The quantitative estimate of drug-likeness (QED) is 0.508. The van der Waals surface area contributed by atoms with Gasteiger partial charge in [-0.15, -0.1) is 0 Å². The molecule has 0 bridgehead atoms. The normalized spacial score (nSPS) is 12.5. The highest BCUT2D eigenvalue weighted by Crippen LogP contribution is 2.28. The van der Waals surface area contributed by atoms with Crippen LogP contribution in [-0.2, 0) is 0 Å². The summed E-state index contributed by atoms with van der Waals surface area (Å²) in [6, 6.07) is 17.8. The number of halogens is 1. The predicted molar refractivity (Wildman–Crippen MR) is 106 cm³/mol. The van der Waals surface area contributed by atoms with Crippen LogP contribution in [0.4, 0.5) is 0 Å². The third-order valence-electron chi connectivity index (χ3n) is 4.58. The van der Waals surface area contributed by atoms with Crippen LogP contribution in [0.15, 0.2) is 67.0 Å². The van der Waals surface area contributed by atoms with Crippen LogP contribution in [-0.4, -0.2) is 14.5 Å². The smallest absolute Gasteiger partial charge is 0.140 e. The van der Waals surface area contributed by atoms with Gasteiger partial charge >= 0.3 is 0 Å². The minimum absolute atomic E-state index is 0.482. The molecular formula is C22H19ClN2O. The van der Waals surface area contributed by atoms with Gasteiger partial charge in [-0.2, -0.15) is 0 Å². The van der Waals surface area contributed by atoms with E-state index in [0.717, 1.165) is 39.2 Å². The maximum absolute atomic E-state index is 9.85. The van der Waals surface area contributed by atoms with Gasteiger partial charge in [0, 0.05) is 23.0 Å². The molecule has 3 nitrogen and oxygen atoms in total. The Morgan fingerprint density at radius 2 is 1.73 bits per heavy atom. The summed E-state index contributed by atoms with van der Waals surface area (Å²) in [7, 11) is 0. The van der Waals surface area contributed by atoms with Crippen LogP contribution in [0.5, 0.6) is 0 Å². The lowest BCUT2D eigenvalue weighted by Gasteiger charge is -2.09. The standard InChI is InChI=1S/C22H19ClN2O/c1-14-10-19(18-5-3-4-17(11-18)15(2)26)12-25-13-21(24-22(14)25)16-6-8-20(23)9-7-16/h3-13,15,26H,1-2H3. The largest absolute Gasteiger partial charge is 0.389 e. The van der Waals surface area contributed by atoms with Gasteiger partial charge in [0.25, 0.3) is 0 Å². The number of benzene rings is 2. The van der Waals surface area contributed by atoms with Crippen LogP contribution in [0.1, 0.15) is 24.2 Å². The van der Waals surface area contributed by atoms with Crippen molar-refractivity contribution in [1.82, 2.24) is 9.38 Å². The number of fused-ring (bicyclic) bond motifs is 1. The Morgan fingerprint density at radius 3 is 2.46 bits per heavy atom. The summed E-state index contributed by atoms with van der Waals surface area (Å²) in [5.74, 6) is 0. The molecule has 1 atom stereocenters. The van der Waals surface area contributed by atoms with Gasteiger partial charge in [-0.05, 0) is 60.4 Å². The molecule has 0 radical (unpaired) electrons. The summed E-state index contributed by atoms with van der Waals surface area (Å²) >= 11 is 5.98. The maximum Gasteiger partial charge on any atom is 0.140 e. The third-order valence-corrected chi connectivity index (χ3v) is 4.83. The highest BCUT2D eigenvalue weighted by atomic mass is 35.5. The molecule has 2 aromatic heterocycles. The number of hydrogen-bond acceptors (Lipinski definition) is 2. The zero-order chi connectivity index (χ0) is 18.3. The first-order chi connectivity index (χ1) is 12.5. The molecule has 130 valence electrons. The fourth-order valence-electron chi connectivity index (χ4n) is 3.16. The van der Waals surface area contributed by atoms with Gasteiger partial charge in [-0.25, -0.2) is 4.98 Å². The van der Waals surface area contributed by atoms with Crippen molar-refractivity contribution in [2.75, 3.05) is 0 Å². The second-order valence-corrected chi connectivity index (χ2v) is 7.01. The molecule has 0 saturated heterocycles. The number of aromatic nitrogens is 2. The number of aliphatic hydroxyl groups is 1. The summed E-state index contributed by atoms with van der Waals surface area (Å²) in [6.07, 6.45) is 3.63. The lowest BCUT2D eigenvalue weighted by Crippen LogP contribution is -1.93. The Morgan fingerprint density at radius 1 is 0.962 bits per heavy atom. The number of aliphatic hydroxyl groups excluding tert-OH is 1. The molecule has 0 amide bonds. The van der Waals surface area contributed by atoms with Crippen LogP contribution in [0.3, 0.4) is 0 Å². The monoisotopic (exact) mass is 362 g/mol. The minimum Gasteiger partial charge on any atom is -0.389 e. The highest BCUT2D eigenvalue weighted by Gasteiger charge is 2.10. The van der Waals surface area contributed by atoms with Crippen molar-refractivity contribution in [1.29, 1.82) is 0 Å². The van der Waals surface area contributed by atoms with Crippen molar-refractivity contribution in [3.05, 3.63) is 83.1 Å². The van der Waals surface area contributed by atoms with Crippen molar-refractivity contribution in [2.45, 2.75) is 20.0 Å². The fourth-order valence-corrected chi connectivity index (χ4v) is 3.29. The van der Waals surface area contributed by atoms with Gasteiger partial charge in [0.1, 0.15) is 5.65 Å². The minimum atomic E-state index is -0.482. The molecule has 0 aliphatic carbocycles. The van der Waals surface area contributed by atoms with Gasteiger partial charge in [0.2, 0.25) is 0 Å². The molecule has 26 heavy (non-hydrogen) atoms. The Hall–Kier alpha value is -2.62. The molecule has 2 aromatic carbocycles. The van der Waals surface area contributed by atoms with Crippen molar-refractivity contribution < 1.29 is 5.11 Å². The number of imidazole rings is 1. The summed E-state index contributed by atoms with van der Waals surface area (Å²) < 4.78 is 2.06. The Bertz CT molecular complexity index is 1080. The zero-order valence-electron chi connectivity index (χ0n) is 14.6. The van der Waals surface area contributed by atoms with E-state index in [1.807, 2.05) is 48.7 Å². The highest BCUT2D eigenvalue weighted by molar-refractivity contribution is 6.30. The van der Waals surface area contributed by atoms with Crippen molar-refractivity contribution >= 4 is 17.2 Å². The van der Waals surface area contributed by atoms with Gasteiger partial charge in [-0.1, -0.05) is 41.9 Å². The number of rotatable bonds is 3. The molecule has 0 saturated carbocycles. The van der Waals surface area contributed by atoms with Crippen molar-refractivity contribution in [3.8, 4) is 22.4 Å². The van der Waals surface area contributed by atoms with Gasteiger partial charge in [0.05, 0.1) is 11.8 Å². The Labute approximate surface area is 157 Å². The van der Waals surface area contributed by atoms with Gasteiger partial charge < -0.3 is 9.51 Å². The summed E-state index contributed by atoms with van der Waals surface area (Å²) in [5, 5.41) is 10.6. The first-order valence-corrected chi connectivity index (χ1v) is 8.93. The molecule has 0 spiro atoms. The van der Waals surface area contributed by atoms with E-state index in [2.05, 4.69) is 29.7 Å². The van der Waals surface area contributed by atoms with Crippen molar-refractivity contribution in [2.24, 2.45) is 0 Å². The van der Waals surface area contributed by atoms with Crippen LogP contribution in [0.2, 0.25) is 5.02 Å². The number of hydrogen-bond donors (Lipinski definition) is 1. The zero-order valence-corrected chi connectivity index (χ0v) is 15.4. The topological polar surface area (TPSA) is 37.5 Å². The van der Waals surface area contributed by atoms with E-state index < -0.39 is 6.10 Å². The average molecular weight is 363 g/mol. The van der Waals surface area contributed by atoms with Crippen molar-refractivity contribution in [3.63, 3.8) is 0 Å². The van der Waals surface area contributed by atoms with Crippen LogP contribution >= 0.6 is 11.6 Å². The SMILES string of the molecule is Cc1cc(-c2cccc(C(C)O)c2)cn2cc(-c3ccc(Cl)cc3)nc12. The van der Waals surface area contributed by atoms with Crippen LogP contribution in [0, 0.1) is 6.92 Å². The van der Waals surface area contributed by atoms with E-state index in [1.165, 1.54) is 0 Å². The van der Waals surface area contributed by atoms with Gasteiger partial charge in [0.15, 0.2) is 0 Å². The second kappa shape index (κ2) is 6.60. The van der Waals surface area contributed by atoms with E-state index in [-0.39, 0.29) is 0 Å². The maximum atomic E-state index is 9.85. The van der Waals surface area contributed by atoms with E-state index in [1.54, 1.807) is 6.92 Å². The lowest BCUT2D eigenvalue weighted by atomic mass is 10.0. The third kappa shape index (κ3) is 3.12. The molecule has 0 fully saturated rings. The first kappa shape index (κ1) is 16.8. The summed E-state index contributed by atoms with van der Waals surface area (Å²) in [4.78, 5) is 4.77. The number of nitrogens with zero attached hydrogens (tertiary/aromatic N) is 2. The Kier molecular flexibility index (Phi) is 4.27. The first-order valence-electron chi connectivity index (χ1n) is 8.55. The molecular weight excluding hydrogens is 344 g/mol. The molecule has 2 heterocycles. The second-order valence-electron chi connectivity index (χ2n) is 6.58. The van der Waals surface area contributed by atoms with Crippen LogP contribution in [0.25, 0.3) is 28.0 Å². The number of aryl methyl sites for hydroxylation is 1. The molecule has 0 aliphatic rings. The Balaban J connectivity index is 1.81. The van der Waals surface area contributed by atoms with Crippen LogP contribution < -0.4 is 0 Å². The molecule has 4 rings (SSSR count). The lowest BCUT2D eigenvalue weighted by molar-refractivity contribution is 0.199. The summed E-state index contributed by atoms with van der Waals surface area (Å²) in [6.45, 7) is 3.85. The van der Waals surface area contributed by atoms with E-state index in [9.17, 15) is 5.11 Å². The molecule has 1 N–H and O–H groups in total. The van der Waals surface area contributed by atoms with E-state index in [4.69, 9.17) is 16.6 Å². The molecule has 0 aliphatic heterocycles. The van der Waals surface area contributed by atoms with E-state index >= 15 is 0 Å². The van der Waals surface area contributed by atoms with Gasteiger partial charge in [-0.3, -0.25) is 0 Å². The molecule has 4 aromatic rings.